The molecule has 0 aromatic carbocycles. The first kappa shape index (κ1) is 13.9. The van der Waals surface area contributed by atoms with Gasteiger partial charge in [-0.15, -0.1) is 0 Å². The zero-order chi connectivity index (χ0) is 13.0. The summed E-state index contributed by atoms with van der Waals surface area (Å²) in [6.07, 6.45) is 8.66. The monoisotopic (exact) mass is 310 g/mol. The minimum atomic E-state index is 0.927. The lowest BCUT2D eigenvalue weighted by atomic mass is 9.96. The predicted octanol–water partition coefficient (Wildman–Crippen LogP) is 4.56. The van der Waals surface area contributed by atoms with Crippen LogP contribution in [0.3, 0.4) is 0 Å². The molecule has 1 atom stereocenters. The summed E-state index contributed by atoms with van der Waals surface area (Å²) in [5.41, 5.74) is 1.27. The summed E-state index contributed by atoms with van der Waals surface area (Å²) in [6, 6.07) is 2.20. The van der Waals surface area contributed by atoms with Crippen molar-refractivity contribution in [1.29, 1.82) is 0 Å². The lowest BCUT2D eigenvalue weighted by molar-refractivity contribution is 0.435. The topological polar surface area (TPSA) is 16.1 Å². The quantitative estimate of drug-likeness (QED) is 0.813. The van der Waals surface area contributed by atoms with Crippen LogP contribution in [0.5, 0.6) is 0 Å². The van der Waals surface area contributed by atoms with Gasteiger partial charge in [-0.1, -0.05) is 19.8 Å². The van der Waals surface area contributed by atoms with Gasteiger partial charge < -0.3 is 4.90 Å². The first-order chi connectivity index (χ1) is 8.70. The molecule has 1 fully saturated rings. The van der Waals surface area contributed by atoms with Crippen molar-refractivity contribution in [2.24, 2.45) is 5.92 Å². The number of nitrogens with zero attached hydrogens (tertiary/aromatic N) is 2. The van der Waals surface area contributed by atoms with E-state index in [1.807, 2.05) is 6.20 Å². The normalized spacial score (nSPS) is 20.8. The number of halogens is 1. The fourth-order valence-corrected chi connectivity index (χ4v) is 3.01. The SMILES string of the molecule is CCCC1CCCN(c2cc(C)c(Br)cn2)CC1. The minimum Gasteiger partial charge on any atom is -0.357 e. The summed E-state index contributed by atoms with van der Waals surface area (Å²) >= 11 is 3.52. The summed E-state index contributed by atoms with van der Waals surface area (Å²) in [5, 5.41) is 0. The molecule has 1 unspecified atom stereocenters. The molecule has 0 amide bonds. The van der Waals surface area contributed by atoms with E-state index in [1.165, 1.54) is 44.2 Å². The van der Waals surface area contributed by atoms with Crippen LogP contribution in [-0.2, 0) is 0 Å². The van der Waals surface area contributed by atoms with E-state index in [0.717, 1.165) is 22.8 Å². The smallest absolute Gasteiger partial charge is 0.128 e. The van der Waals surface area contributed by atoms with Crippen molar-refractivity contribution in [2.45, 2.75) is 46.0 Å². The summed E-state index contributed by atoms with van der Waals surface area (Å²) in [7, 11) is 0. The Balaban J connectivity index is 2.02. The summed E-state index contributed by atoms with van der Waals surface area (Å²) < 4.78 is 1.10. The van der Waals surface area contributed by atoms with Crippen LogP contribution in [-0.4, -0.2) is 18.1 Å². The number of hydrogen-bond donors (Lipinski definition) is 0. The Morgan fingerprint density at radius 3 is 2.94 bits per heavy atom. The highest BCUT2D eigenvalue weighted by atomic mass is 79.9. The van der Waals surface area contributed by atoms with E-state index in [9.17, 15) is 0 Å². The Morgan fingerprint density at radius 1 is 1.39 bits per heavy atom. The summed E-state index contributed by atoms with van der Waals surface area (Å²) in [6.45, 7) is 6.75. The molecule has 1 aliphatic rings. The lowest BCUT2D eigenvalue weighted by Crippen LogP contribution is -2.25. The highest BCUT2D eigenvalue weighted by Crippen LogP contribution is 2.26. The van der Waals surface area contributed by atoms with Gasteiger partial charge in [-0.2, -0.15) is 0 Å². The maximum absolute atomic E-state index is 4.55. The maximum Gasteiger partial charge on any atom is 0.128 e. The Labute approximate surface area is 119 Å². The number of pyridine rings is 1. The van der Waals surface area contributed by atoms with Crippen LogP contribution >= 0.6 is 15.9 Å². The van der Waals surface area contributed by atoms with E-state index < -0.39 is 0 Å². The van der Waals surface area contributed by atoms with Crippen molar-refractivity contribution in [3.05, 3.63) is 22.3 Å². The van der Waals surface area contributed by atoms with Crippen LogP contribution in [0, 0.1) is 12.8 Å². The molecule has 0 bridgehead atoms. The van der Waals surface area contributed by atoms with Crippen LogP contribution in [0.1, 0.15) is 44.6 Å². The van der Waals surface area contributed by atoms with Crippen molar-refractivity contribution < 1.29 is 0 Å². The van der Waals surface area contributed by atoms with Crippen molar-refractivity contribution in [2.75, 3.05) is 18.0 Å². The third-order valence-corrected chi connectivity index (χ3v) is 4.73. The maximum atomic E-state index is 4.55. The molecule has 2 nitrogen and oxygen atoms in total. The highest BCUT2D eigenvalue weighted by Gasteiger charge is 2.17. The van der Waals surface area contributed by atoms with Gasteiger partial charge in [-0.3, -0.25) is 0 Å². The highest BCUT2D eigenvalue weighted by molar-refractivity contribution is 9.10. The molecule has 0 radical (unpaired) electrons. The standard InChI is InChI=1S/C15H23BrN2/c1-3-5-13-6-4-8-18(9-7-13)15-10-12(2)14(16)11-17-15/h10-11,13H,3-9H2,1-2H3. The second-order valence-electron chi connectivity index (χ2n) is 5.36. The molecule has 1 aromatic rings. The van der Waals surface area contributed by atoms with E-state index in [1.54, 1.807) is 0 Å². The average Bonchev–Trinajstić information content (AvgIpc) is 2.59. The Kier molecular flexibility index (Phi) is 5.04. The third-order valence-electron chi connectivity index (χ3n) is 3.90. The molecule has 1 aliphatic heterocycles. The van der Waals surface area contributed by atoms with Gasteiger partial charge in [0.25, 0.3) is 0 Å². The van der Waals surface area contributed by atoms with Gasteiger partial charge in [0.05, 0.1) is 0 Å². The van der Waals surface area contributed by atoms with Gasteiger partial charge in [0.1, 0.15) is 5.82 Å². The van der Waals surface area contributed by atoms with Crippen molar-refractivity contribution in [3.63, 3.8) is 0 Å². The molecule has 0 N–H and O–H groups in total. The average molecular weight is 311 g/mol. The van der Waals surface area contributed by atoms with Gasteiger partial charge >= 0.3 is 0 Å². The Bertz CT molecular complexity index is 392. The molecule has 3 heteroatoms. The van der Waals surface area contributed by atoms with Crippen LogP contribution in [0.4, 0.5) is 5.82 Å². The van der Waals surface area contributed by atoms with Gasteiger partial charge in [0.2, 0.25) is 0 Å². The van der Waals surface area contributed by atoms with Gasteiger partial charge in [-0.05, 0) is 59.7 Å². The number of anilines is 1. The first-order valence-electron chi connectivity index (χ1n) is 7.07. The molecule has 1 aromatic heterocycles. The van der Waals surface area contributed by atoms with Gasteiger partial charge in [-0.25, -0.2) is 4.98 Å². The summed E-state index contributed by atoms with van der Waals surface area (Å²) in [4.78, 5) is 7.01. The summed E-state index contributed by atoms with van der Waals surface area (Å²) in [5.74, 6) is 2.07. The Hall–Kier alpha value is -0.570. The van der Waals surface area contributed by atoms with Crippen molar-refractivity contribution >= 4 is 21.7 Å². The predicted molar refractivity (Wildman–Crippen MR) is 81.1 cm³/mol. The lowest BCUT2D eigenvalue weighted by Gasteiger charge is -2.22. The van der Waals surface area contributed by atoms with E-state index in [4.69, 9.17) is 0 Å². The second-order valence-corrected chi connectivity index (χ2v) is 6.22. The zero-order valence-corrected chi connectivity index (χ0v) is 13.0. The molecule has 2 heterocycles. The number of aromatic nitrogens is 1. The molecule has 2 rings (SSSR count). The van der Waals surface area contributed by atoms with Crippen molar-refractivity contribution in [3.8, 4) is 0 Å². The largest absolute Gasteiger partial charge is 0.357 e. The molecule has 18 heavy (non-hydrogen) atoms. The molecular weight excluding hydrogens is 288 g/mol. The number of hydrogen-bond acceptors (Lipinski definition) is 2. The second kappa shape index (κ2) is 6.55. The minimum absolute atomic E-state index is 0.927. The molecule has 0 aliphatic carbocycles. The van der Waals surface area contributed by atoms with E-state index in [-0.39, 0.29) is 0 Å². The van der Waals surface area contributed by atoms with Crippen molar-refractivity contribution in [1.82, 2.24) is 4.98 Å². The van der Waals surface area contributed by atoms with E-state index >= 15 is 0 Å². The fourth-order valence-electron chi connectivity index (χ4n) is 2.79. The molecule has 100 valence electrons. The fraction of sp³-hybridized carbons (Fsp3) is 0.667. The molecule has 0 saturated carbocycles. The van der Waals surface area contributed by atoms with Crippen LogP contribution < -0.4 is 4.90 Å². The van der Waals surface area contributed by atoms with Crippen LogP contribution in [0.15, 0.2) is 16.7 Å². The first-order valence-corrected chi connectivity index (χ1v) is 7.87. The molecule has 0 spiro atoms. The van der Waals surface area contributed by atoms with Crippen LogP contribution in [0.2, 0.25) is 0 Å². The van der Waals surface area contributed by atoms with E-state index in [2.05, 4.69) is 45.7 Å². The molecular formula is C15H23BrN2. The zero-order valence-electron chi connectivity index (χ0n) is 11.5. The van der Waals surface area contributed by atoms with Gasteiger partial charge in [0.15, 0.2) is 0 Å². The number of rotatable bonds is 3. The number of aryl methyl sites for hydroxylation is 1. The molecule has 1 saturated heterocycles. The van der Waals surface area contributed by atoms with E-state index in [0.29, 0.717) is 0 Å². The van der Waals surface area contributed by atoms with Crippen LogP contribution in [0.25, 0.3) is 0 Å². The van der Waals surface area contributed by atoms with Gasteiger partial charge in [0, 0.05) is 23.8 Å². The Morgan fingerprint density at radius 2 is 2.22 bits per heavy atom. The third kappa shape index (κ3) is 3.47.